The molecule has 0 bridgehead atoms. The molecule has 3 N–H and O–H groups in total. The zero-order valence-electron chi connectivity index (χ0n) is 36.1. The summed E-state index contributed by atoms with van der Waals surface area (Å²) in [6.45, 7) is 20.9. The number of ketones is 1. The molecular formula is C43H66FN7O8. The van der Waals surface area contributed by atoms with E-state index in [0.29, 0.717) is 113 Å². The number of fused-ring (bicyclic) bond motifs is 1. The molecule has 0 saturated carbocycles. The third-order valence-electron chi connectivity index (χ3n) is 9.59. The molecular weight excluding hydrogens is 762 g/mol. The first kappa shape index (κ1) is 49.0. The number of carbonyl (C=O) groups is 3. The van der Waals surface area contributed by atoms with Gasteiger partial charge in [0.15, 0.2) is 5.78 Å². The molecule has 1 aliphatic heterocycles. The summed E-state index contributed by atoms with van der Waals surface area (Å²) in [4.78, 5) is 41.7. The minimum Gasteiger partial charge on any atom is -0.379 e. The van der Waals surface area contributed by atoms with Crippen molar-refractivity contribution >= 4 is 34.9 Å². The number of rotatable bonds is 28. The van der Waals surface area contributed by atoms with Crippen LogP contribution in [-0.4, -0.2) is 129 Å². The van der Waals surface area contributed by atoms with Gasteiger partial charge < -0.3 is 44.2 Å². The third-order valence-corrected chi connectivity index (χ3v) is 9.59. The van der Waals surface area contributed by atoms with Gasteiger partial charge in [0, 0.05) is 54.6 Å². The number of nitrogens with zero attached hydrogens (tertiary/aromatic N) is 4. The fourth-order valence-electron chi connectivity index (χ4n) is 6.16. The van der Waals surface area contributed by atoms with E-state index < -0.39 is 5.82 Å². The first-order valence-corrected chi connectivity index (χ1v) is 20.7. The smallest absolute Gasteiger partial charge is 0.256 e. The van der Waals surface area contributed by atoms with Crippen molar-refractivity contribution in [2.75, 3.05) is 91.5 Å². The fourth-order valence-corrected chi connectivity index (χ4v) is 6.16. The highest BCUT2D eigenvalue weighted by Gasteiger charge is 2.26. The van der Waals surface area contributed by atoms with Crippen LogP contribution in [0.3, 0.4) is 0 Å². The number of carbonyl (C=O) groups excluding carboxylic acids is 3. The molecule has 3 aromatic rings. The number of anilines is 1. The molecule has 15 nitrogen and oxygen atoms in total. The Morgan fingerprint density at radius 1 is 0.932 bits per heavy atom. The average Bonchev–Trinajstić information content (AvgIpc) is 3.89. The van der Waals surface area contributed by atoms with E-state index in [2.05, 4.69) is 58.5 Å². The van der Waals surface area contributed by atoms with E-state index in [0.717, 1.165) is 56.0 Å². The largest absolute Gasteiger partial charge is 0.379 e. The van der Waals surface area contributed by atoms with Gasteiger partial charge in [-0.05, 0) is 82.1 Å². The Labute approximate surface area is 348 Å². The molecule has 0 unspecified atom stereocenters. The second kappa shape index (κ2) is 27.4. The Bertz CT molecular complexity index is 1750. The van der Waals surface area contributed by atoms with Crippen molar-refractivity contribution in [3.05, 3.63) is 64.0 Å². The van der Waals surface area contributed by atoms with Crippen LogP contribution in [0.4, 0.5) is 10.1 Å². The molecule has 2 aromatic heterocycles. The normalized spacial score (nSPS) is 12.9. The SMILES string of the molecule is CCN(CC)CCCC(=O)c1c(C)[nH]c(/C=C2\C(=O)Nc3ccc(F)cc32)c1C.CNC(=O)CCOCCOCCOCCOCCOCc1cn(CCC(C)C)nn1. The Balaban J connectivity index is 0.000000315. The second-order valence-corrected chi connectivity index (χ2v) is 14.5. The third kappa shape index (κ3) is 17.8. The van der Waals surface area contributed by atoms with Crippen LogP contribution in [-0.2, 0) is 46.4 Å². The number of amides is 2. The Morgan fingerprint density at radius 3 is 2.17 bits per heavy atom. The van der Waals surface area contributed by atoms with E-state index in [9.17, 15) is 18.8 Å². The number of Topliss-reactive ketones (excluding diaryl/α,β-unsaturated/α-hetero) is 1. The van der Waals surface area contributed by atoms with Crippen LogP contribution < -0.4 is 10.6 Å². The summed E-state index contributed by atoms with van der Waals surface area (Å²) in [7, 11) is 1.61. The summed E-state index contributed by atoms with van der Waals surface area (Å²) in [5, 5.41) is 13.5. The minimum absolute atomic E-state index is 0.0281. The number of hydrogen-bond acceptors (Lipinski definition) is 11. The Kier molecular flexibility index (Phi) is 22.8. The number of ether oxygens (including phenoxy) is 5. The molecule has 1 aromatic carbocycles. The standard InChI is InChI=1S/C23H28FN3O2.C20H38N4O6/c1-5-27(6-2)11-7-8-21(28)22-14(3)20(25-15(22)4)13-18-17-12-16(24)9-10-19(17)26-23(18)29;1-18(2)4-6-24-16-19(22-23-24)17-30-15-14-29-13-12-28-11-10-27-9-8-26-7-5-20(25)21-3/h9-10,12-13,25H,5-8,11H2,1-4H3,(H,26,29);16,18H,4-15,17H2,1-3H3,(H,21,25)/b18-13-;. The van der Waals surface area contributed by atoms with E-state index in [1.54, 1.807) is 19.2 Å². The number of nitrogens with one attached hydrogen (secondary N) is 3. The topological polar surface area (TPSA) is 171 Å². The maximum atomic E-state index is 13.7. The van der Waals surface area contributed by atoms with Crippen LogP contribution in [0.2, 0.25) is 0 Å². The Hall–Kier alpha value is -4.32. The highest BCUT2D eigenvalue weighted by molar-refractivity contribution is 6.35. The van der Waals surface area contributed by atoms with Crippen molar-refractivity contribution in [2.45, 2.75) is 80.4 Å². The minimum atomic E-state index is -0.394. The molecule has 2 amide bonds. The van der Waals surface area contributed by atoms with Gasteiger partial charge in [-0.1, -0.05) is 32.9 Å². The highest BCUT2D eigenvalue weighted by Crippen LogP contribution is 2.34. The van der Waals surface area contributed by atoms with Crippen LogP contribution >= 0.6 is 0 Å². The zero-order chi connectivity index (χ0) is 43.0. The predicted molar refractivity (Wildman–Crippen MR) is 226 cm³/mol. The van der Waals surface area contributed by atoms with Crippen LogP contribution in [0.15, 0.2) is 24.4 Å². The molecule has 59 heavy (non-hydrogen) atoms. The number of hydrogen-bond donors (Lipinski definition) is 3. The first-order chi connectivity index (χ1) is 28.5. The molecule has 0 radical (unpaired) electrons. The molecule has 328 valence electrons. The van der Waals surface area contributed by atoms with Crippen molar-refractivity contribution < 1.29 is 42.5 Å². The van der Waals surface area contributed by atoms with Gasteiger partial charge in [0.05, 0.1) is 77.8 Å². The van der Waals surface area contributed by atoms with Gasteiger partial charge in [0.25, 0.3) is 5.91 Å². The van der Waals surface area contributed by atoms with Gasteiger partial charge in [0.1, 0.15) is 11.5 Å². The molecule has 0 aliphatic carbocycles. The summed E-state index contributed by atoms with van der Waals surface area (Å²) in [5.41, 5.74) is 5.36. The lowest BCUT2D eigenvalue weighted by molar-refractivity contribution is -0.121. The van der Waals surface area contributed by atoms with E-state index in [-0.39, 0.29) is 17.6 Å². The number of benzene rings is 1. The summed E-state index contributed by atoms with van der Waals surface area (Å²) in [5.74, 6) is 0.0587. The molecule has 0 spiro atoms. The van der Waals surface area contributed by atoms with Gasteiger partial charge in [-0.25, -0.2) is 4.39 Å². The lowest BCUT2D eigenvalue weighted by Crippen LogP contribution is -2.24. The molecule has 4 rings (SSSR count). The van der Waals surface area contributed by atoms with E-state index in [1.165, 1.54) is 12.1 Å². The lowest BCUT2D eigenvalue weighted by Gasteiger charge is -2.17. The number of halogens is 1. The number of aromatic nitrogens is 4. The lowest BCUT2D eigenvalue weighted by atomic mass is 10.0. The van der Waals surface area contributed by atoms with Gasteiger partial charge >= 0.3 is 0 Å². The molecule has 16 heteroatoms. The van der Waals surface area contributed by atoms with Gasteiger partial charge in [-0.3, -0.25) is 19.1 Å². The van der Waals surface area contributed by atoms with Crippen LogP contribution in [0.5, 0.6) is 0 Å². The van der Waals surface area contributed by atoms with Crippen LogP contribution in [0, 0.1) is 25.6 Å². The molecule has 0 fully saturated rings. The van der Waals surface area contributed by atoms with E-state index in [1.807, 2.05) is 24.7 Å². The monoisotopic (exact) mass is 827 g/mol. The fraction of sp³-hybridized carbons (Fsp3) is 0.605. The van der Waals surface area contributed by atoms with Crippen LogP contribution in [0.25, 0.3) is 11.6 Å². The number of aromatic amines is 1. The van der Waals surface area contributed by atoms with E-state index in [4.69, 9.17) is 23.7 Å². The summed E-state index contributed by atoms with van der Waals surface area (Å²) in [6, 6.07) is 4.23. The van der Waals surface area contributed by atoms with Crippen molar-refractivity contribution in [1.29, 1.82) is 0 Å². The van der Waals surface area contributed by atoms with Crippen molar-refractivity contribution in [3.63, 3.8) is 0 Å². The molecule has 0 saturated heterocycles. The van der Waals surface area contributed by atoms with Crippen LogP contribution in [0.1, 0.15) is 91.9 Å². The summed E-state index contributed by atoms with van der Waals surface area (Å²) >= 11 is 0. The number of H-pyrrole nitrogens is 1. The van der Waals surface area contributed by atoms with Gasteiger partial charge in [0.2, 0.25) is 5.91 Å². The van der Waals surface area contributed by atoms with Gasteiger partial charge in [-0.2, -0.15) is 0 Å². The molecule has 0 atom stereocenters. The van der Waals surface area contributed by atoms with Gasteiger partial charge in [-0.15, -0.1) is 5.10 Å². The quantitative estimate of drug-likeness (QED) is 0.0472. The first-order valence-electron chi connectivity index (χ1n) is 20.7. The average molecular weight is 828 g/mol. The zero-order valence-corrected chi connectivity index (χ0v) is 36.1. The number of aryl methyl sites for hydroxylation is 2. The van der Waals surface area contributed by atoms with E-state index >= 15 is 0 Å². The maximum Gasteiger partial charge on any atom is 0.256 e. The second-order valence-electron chi connectivity index (χ2n) is 14.5. The van der Waals surface area contributed by atoms with Crippen molar-refractivity contribution in [3.8, 4) is 0 Å². The summed E-state index contributed by atoms with van der Waals surface area (Å²) < 4.78 is 42.6. The Morgan fingerprint density at radius 2 is 1.56 bits per heavy atom. The highest BCUT2D eigenvalue weighted by atomic mass is 19.1. The maximum absolute atomic E-state index is 13.7. The molecule has 1 aliphatic rings. The van der Waals surface area contributed by atoms with Crippen molar-refractivity contribution in [2.24, 2.45) is 5.92 Å². The summed E-state index contributed by atoms with van der Waals surface area (Å²) in [6.07, 6.45) is 6.38. The predicted octanol–water partition coefficient (Wildman–Crippen LogP) is 5.61. The van der Waals surface area contributed by atoms with Crippen molar-refractivity contribution in [1.82, 2.24) is 30.2 Å². The molecule has 3 heterocycles.